The summed E-state index contributed by atoms with van der Waals surface area (Å²) in [6.45, 7) is 1.65. The standard InChI is InChI=1S/C8H3Cl7/c1-2-3(8(13,14)15)5(10)7(12)6(11)4(2)9/h1H3. The molecule has 84 valence electrons. The number of rotatable bonds is 0. The molecule has 0 bridgehead atoms. The van der Waals surface area contributed by atoms with Crippen molar-refractivity contribution in [1.29, 1.82) is 0 Å². The fourth-order valence-electron chi connectivity index (χ4n) is 1.08. The third-order valence-corrected chi connectivity index (χ3v) is 4.25. The molecule has 0 aliphatic rings. The number of halogens is 7. The largest absolute Gasteiger partial charge is 0.217 e. The van der Waals surface area contributed by atoms with E-state index in [0.29, 0.717) is 5.56 Å². The normalized spacial score (nSPS) is 12.0. The topological polar surface area (TPSA) is 0 Å². The Morgan fingerprint density at radius 3 is 1.53 bits per heavy atom. The number of hydrogen-bond donors (Lipinski definition) is 0. The summed E-state index contributed by atoms with van der Waals surface area (Å²) in [5, 5.41) is 0.560. The first kappa shape index (κ1) is 14.3. The molecule has 0 saturated heterocycles. The van der Waals surface area contributed by atoms with Crippen LogP contribution in [0.1, 0.15) is 11.1 Å². The molecule has 1 aromatic carbocycles. The minimum absolute atomic E-state index is 0.0789. The molecule has 0 fully saturated rings. The van der Waals surface area contributed by atoms with Crippen LogP contribution in [0.2, 0.25) is 20.1 Å². The lowest BCUT2D eigenvalue weighted by Gasteiger charge is -2.19. The van der Waals surface area contributed by atoms with Crippen molar-refractivity contribution in [2.75, 3.05) is 0 Å². The summed E-state index contributed by atoms with van der Waals surface area (Å²) >= 11 is 40.8. The molecule has 0 heterocycles. The average Bonchev–Trinajstić information content (AvgIpc) is 2.09. The maximum Gasteiger partial charge on any atom is 0.217 e. The molecule has 1 rings (SSSR count). The Bertz CT molecular complexity index is 375. The van der Waals surface area contributed by atoms with E-state index in [0.717, 1.165) is 0 Å². The van der Waals surface area contributed by atoms with Crippen LogP contribution in [-0.4, -0.2) is 0 Å². The van der Waals surface area contributed by atoms with Crippen LogP contribution in [0.5, 0.6) is 0 Å². The molecule has 0 saturated carbocycles. The van der Waals surface area contributed by atoms with E-state index < -0.39 is 3.79 Å². The Balaban J connectivity index is 3.68. The quantitative estimate of drug-likeness (QED) is 0.288. The summed E-state index contributed by atoms with van der Waals surface area (Å²) in [4.78, 5) is 0. The summed E-state index contributed by atoms with van der Waals surface area (Å²) in [6, 6.07) is 0. The van der Waals surface area contributed by atoms with Crippen molar-refractivity contribution in [2.45, 2.75) is 10.7 Å². The average molecular weight is 347 g/mol. The zero-order chi connectivity index (χ0) is 12.0. The highest BCUT2D eigenvalue weighted by molar-refractivity contribution is 6.68. The second-order valence-corrected chi connectivity index (χ2v) is 6.55. The zero-order valence-corrected chi connectivity index (χ0v) is 12.4. The Labute approximate surface area is 122 Å². The predicted octanol–water partition coefficient (Wildman–Crippen LogP) is 6.44. The molecular formula is C8H3Cl7. The first-order valence-corrected chi connectivity index (χ1v) is 6.22. The van der Waals surface area contributed by atoms with Crippen molar-refractivity contribution < 1.29 is 0 Å². The van der Waals surface area contributed by atoms with Crippen LogP contribution in [0.4, 0.5) is 0 Å². The van der Waals surface area contributed by atoms with E-state index in [1.807, 2.05) is 0 Å². The predicted molar refractivity (Wildman–Crippen MR) is 70.5 cm³/mol. The summed E-state index contributed by atoms with van der Waals surface area (Å²) in [5.74, 6) is 0. The molecule has 0 unspecified atom stereocenters. The van der Waals surface area contributed by atoms with Gasteiger partial charge in [-0.05, 0) is 12.5 Å². The molecule has 0 N–H and O–H groups in total. The summed E-state index contributed by atoms with van der Waals surface area (Å²) in [5.41, 5.74) is 0.740. The van der Waals surface area contributed by atoms with Crippen LogP contribution in [0, 0.1) is 6.92 Å². The smallest absolute Gasteiger partial charge is 0.0823 e. The van der Waals surface area contributed by atoms with Crippen molar-refractivity contribution in [3.05, 3.63) is 31.2 Å². The van der Waals surface area contributed by atoms with Crippen LogP contribution in [0.3, 0.4) is 0 Å². The summed E-state index contributed by atoms with van der Waals surface area (Å²) < 4.78 is -1.70. The van der Waals surface area contributed by atoms with Crippen molar-refractivity contribution in [3.8, 4) is 0 Å². The lowest BCUT2D eigenvalue weighted by molar-refractivity contribution is 1.19. The van der Waals surface area contributed by atoms with Crippen LogP contribution in [0.15, 0.2) is 0 Å². The van der Waals surface area contributed by atoms with E-state index in [-0.39, 0.29) is 25.7 Å². The highest BCUT2D eigenvalue weighted by atomic mass is 35.6. The Hall–Kier alpha value is 1.25. The van der Waals surface area contributed by atoms with E-state index in [2.05, 4.69) is 0 Å². The summed E-state index contributed by atoms with van der Waals surface area (Å²) in [7, 11) is 0. The lowest BCUT2D eigenvalue weighted by atomic mass is 10.1. The highest BCUT2D eigenvalue weighted by Gasteiger charge is 2.31. The molecule has 0 amide bonds. The van der Waals surface area contributed by atoms with Gasteiger partial charge < -0.3 is 0 Å². The van der Waals surface area contributed by atoms with Gasteiger partial charge in [0.1, 0.15) is 0 Å². The van der Waals surface area contributed by atoms with Crippen LogP contribution in [0.25, 0.3) is 0 Å². The third kappa shape index (κ3) is 2.74. The van der Waals surface area contributed by atoms with E-state index in [1.54, 1.807) is 6.92 Å². The SMILES string of the molecule is Cc1c(Cl)c(Cl)c(Cl)c(Cl)c1C(Cl)(Cl)Cl. The summed E-state index contributed by atoms with van der Waals surface area (Å²) in [6.07, 6.45) is 0. The Kier molecular flexibility index (Phi) is 4.63. The van der Waals surface area contributed by atoms with Crippen molar-refractivity contribution in [2.24, 2.45) is 0 Å². The van der Waals surface area contributed by atoms with E-state index in [9.17, 15) is 0 Å². The van der Waals surface area contributed by atoms with Gasteiger partial charge in [0, 0.05) is 5.56 Å². The van der Waals surface area contributed by atoms with Crippen molar-refractivity contribution in [1.82, 2.24) is 0 Å². The minimum atomic E-state index is -1.70. The van der Waals surface area contributed by atoms with Gasteiger partial charge in [-0.3, -0.25) is 0 Å². The first-order valence-electron chi connectivity index (χ1n) is 3.57. The van der Waals surface area contributed by atoms with Crippen molar-refractivity contribution >= 4 is 81.2 Å². The zero-order valence-electron chi connectivity index (χ0n) is 7.15. The van der Waals surface area contributed by atoms with Crippen LogP contribution < -0.4 is 0 Å². The number of alkyl halides is 3. The van der Waals surface area contributed by atoms with Gasteiger partial charge in [-0.1, -0.05) is 81.2 Å². The molecule has 0 aliphatic carbocycles. The van der Waals surface area contributed by atoms with Crippen molar-refractivity contribution in [3.63, 3.8) is 0 Å². The lowest BCUT2D eigenvalue weighted by Crippen LogP contribution is -2.05. The maximum atomic E-state index is 5.93. The van der Waals surface area contributed by atoms with Gasteiger partial charge in [-0.15, -0.1) is 0 Å². The molecule has 0 nitrogen and oxygen atoms in total. The molecule has 15 heavy (non-hydrogen) atoms. The molecule has 0 aromatic heterocycles. The van der Waals surface area contributed by atoms with Gasteiger partial charge in [-0.25, -0.2) is 0 Å². The number of benzene rings is 1. The molecule has 0 atom stereocenters. The van der Waals surface area contributed by atoms with Gasteiger partial charge in [0.25, 0.3) is 0 Å². The van der Waals surface area contributed by atoms with Gasteiger partial charge in [-0.2, -0.15) is 0 Å². The fourth-order valence-corrected chi connectivity index (χ4v) is 3.02. The molecule has 1 aromatic rings. The molecule has 7 heteroatoms. The molecule has 0 spiro atoms. The van der Waals surface area contributed by atoms with E-state index >= 15 is 0 Å². The second-order valence-electron chi connectivity index (χ2n) is 2.75. The fraction of sp³-hybridized carbons (Fsp3) is 0.250. The van der Waals surface area contributed by atoms with Gasteiger partial charge in [0.05, 0.1) is 20.1 Å². The van der Waals surface area contributed by atoms with E-state index in [4.69, 9.17) is 81.2 Å². The third-order valence-electron chi connectivity index (χ3n) is 1.79. The van der Waals surface area contributed by atoms with Gasteiger partial charge >= 0.3 is 0 Å². The minimum Gasteiger partial charge on any atom is -0.0823 e. The van der Waals surface area contributed by atoms with E-state index in [1.165, 1.54) is 0 Å². The first-order chi connectivity index (χ1) is 6.68. The second kappa shape index (κ2) is 4.86. The number of hydrogen-bond acceptors (Lipinski definition) is 0. The van der Waals surface area contributed by atoms with Gasteiger partial charge in [0.15, 0.2) is 0 Å². The Morgan fingerprint density at radius 1 is 0.733 bits per heavy atom. The van der Waals surface area contributed by atoms with Gasteiger partial charge in [0.2, 0.25) is 3.79 Å². The highest BCUT2D eigenvalue weighted by Crippen LogP contribution is 2.50. The maximum absolute atomic E-state index is 5.93. The molecule has 0 aliphatic heterocycles. The van der Waals surface area contributed by atoms with Crippen LogP contribution >= 0.6 is 81.2 Å². The van der Waals surface area contributed by atoms with Crippen LogP contribution in [-0.2, 0) is 3.79 Å². The Morgan fingerprint density at radius 2 is 1.13 bits per heavy atom. The monoisotopic (exact) mass is 344 g/mol. The molecular weight excluding hydrogens is 344 g/mol. The molecule has 0 radical (unpaired) electrons.